The summed E-state index contributed by atoms with van der Waals surface area (Å²) in [6.07, 6.45) is 2.50. The molecule has 1 N–H and O–H groups in total. The summed E-state index contributed by atoms with van der Waals surface area (Å²) in [5.41, 5.74) is 1.94. The summed E-state index contributed by atoms with van der Waals surface area (Å²) < 4.78 is 11.2. The Morgan fingerprint density at radius 3 is 2.61 bits per heavy atom. The van der Waals surface area contributed by atoms with Gasteiger partial charge < -0.3 is 14.6 Å². The second-order valence-electron chi connectivity index (χ2n) is 5.73. The second-order valence-corrected chi connectivity index (χ2v) is 5.73. The van der Waals surface area contributed by atoms with E-state index in [1.54, 1.807) is 12.1 Å². The maximum absolute atomic E-state index is 11.4. The minimum absolute atomic E-state index is 0.175. The maximum Gasteiger partial charge on any atom is 0.339 e. The SMILES string of the molecule is CCOc1ccc(-c2cccc(OCC3CC3)c2)cc1C(=O)O. The van der Waals surface area contributed by atoms with E-state index in [0.717, 1.165) is 23.5 Å². The fourth-order valence-electron chi connectivity index (χ4n) is 2.42. The average molecular weight is 312 g/mol. The lowest BCUT2D eigenvalue weighted by molar-refractivity contribution is 0.0692. The molecule has 0 bridgehead atoms. The Morgan fingerprint density at radius 1 is 1.13 bits per heavy atom. The van der Waals surface area contributed by atoms with Crippen LogP contribution in [-0.4, -0.2) is 24.3 Å². The Kier molecular flexibility index (Phi) is 4.51. The van der Waals surface area contributed by atoms with Crippen molar-refractivity contribution in [2.45, 2.75) is 19.8 Å². The first kappa shape index (κ1) is 15.4. The van der Waals surface area contributed by atoms with Crippen LogP contribution in [0, 0.1) is 5.92 Å². The van der Waals surface area contributed by atoms with Gasteiger partial charge in [0.2, 0.25) is 0 Å². The molecule has 0 aliphatic heterocycles. The predicted octanol–water partition coefficient (Wildman–Crippen LogP) is 4.24. The van der Waals surface area contributed by atoms with Crippen molar-refractivity contribution >= 4 is 5.97 Å². The van der Waals surface area contributed by atoms with Crippen LogP contribution in [0.25, 0.3) is 11.1 Å². The summed E-state index contributed by atoms with van der Waals surface area (Å²) in [6.45, 7) is 3.03. The second kappa shape index (κ2) is 6.73. The van der Waals surface area contributed by atoms with Crippen molar-refractivity contribution in [3.63, 3.8) is 0 Å². The van der Waals surface area contributed by atoms with Crippen molar-refractivity contribution in [1.82, 2.24) is 0 Å². The molecule has 4 heteroatoms. The fourth-order valence-corrected chi connectivity index (χ4v) is 2.42. The molecule has 1 saturated carbocycles. The number of carboxylic acids is 1. The molecule has 1 fully saturated rings. The molecule has 0 heterocycles. The predicted molar refractivity (Wildman–Crippen MR) is 88.2 cm³/mol. The molecule has 2 aromatic rings. The third-order valence-electron chi connectivity index (χ3n) is 3.86. The molecule has 0 saturated heterocycles. The van der Waals surface area contributed by atoms with E-state index in [0.29, 0.717) is 18.3 Å². The van der Waals surface area contributed by atoms with E-state index >= 15 is 0 Å². The molecule has 120 valence electrons. The number of carbonyl (C=O) groups is 1. The topological polar surface area (TPSA) is 55.8 Å². The minimum atomic E-state index is -0.989. The highest BCUT2D eigenvalue weighted by Gasteiger charge is 2.22. The quantitative estimate of drug-likeness (QED) is 0.831. The van der Waals surface area contributed by atoms with Gasteiger partial charge in [-0.1, -0.05) is 18.2 Å². The van der Waals surface area contributed by atoms with Crippen molar-refractivity contribution in [3.8, 4) is 22.6 Å². The van der Waals surface area contributed by atoms with Crippen LogP contribution < -0.4 is 9.47 Å². The Morgan fingerprint density at radius 2 is 1.91 bits per heavy atom. The van der Waals surface area contributed by atoms with E-state index in [9.17, 15) is 9.90 Å². The van der Waals surface area contributed by atoms with E-state index < -0.39 is 5.97 Å². The Hall–Kier alpha value is -2.49. The molecular formula is C19H20O4. The first-order chi connectivity index (χ1) is 11.2. The molecule has 0 aromatic heterocycles. The molecule has 0 spiro atoms. The number of ether oxygens (including phenoxy) is 2. The number of hydrogen-bond donors (Lipinski definition) is 1. The molecule has 4 nitrogen and oxygen atoms in total. The van der Waals surface area contributed by atoms with Gasteiger partial charge in [0.15, 0.2) is 0 Å². The van der Waals surface area contributed by atoms with Crippen LogP contribution in [0.5, 0.6) is 11.5 Å². The zero-order valence-corrected chi connectivity index (χ0v) is 13.1. The summed E-state index contributed by atoms with van der Waals surface area (Å²) in [5.74, 6) is 0.921. The normalized spacial score (nSPS) is 13.6. The largest absolute Gasteiger partial charge is 0.493 e. The molecule has 23 heavy (non-hydrogen) atoms. The zero-order chi connectivity index (χ0) is 16.2. The Bertz CT molecular complexity index is 704. The molecule has 1 aliphatic carbocycles. The standard InChI is InChI=1S/C19H20O4/c1-2-22-18-9-8-15(11-17(18)19(20)21)14-4-3-5-16(10-14)23-12-13-6-7-13/h3-5,8-11,13H,2,6-7,12H2,1H3,(H,20,21). The van der Waals surface area contributed by atoms with Crippen LogP contribution in [0.2, 0.25) is 0 Å². The first-order valence-electron chi connectivity index (χ1n) is 7.90. The van der Waals surface area contributed by atoms with Crippen molar-refractivity contribution in [2.24, 2.45) is 5.92 Å². The molecule has 0 unspecified atom stereocenters. The van der Waals surface area contributed by atoms with Gasteiger partial charge >= 0.3 is 5.97 Å². The van der Waals surface area contributed by atoms with Crippen molar-refractivity contribution in [1.29, 1.82) is 0 Å². The van der Waals surface area contributed by atoms with Crippen molar-refractivity contribution in [3.05, 3.63) is 48.0 Å². The summed E-state index contributed by atoms with van der Waals surface area (Å²) in [6, 6.07) is 13.0. The smallest absolute Gasteiger partial charge is 0.339 e. The highest BCUT2D eigenvalue weighted by molar-refractivity contribution is 5.92. The van der Waals surface area contributed by atoms with Gasteiger partial charge in [-0.3, -0.25) is 0 Å². The van der Waals surface area contributed by atoms with Gasteiger partial charge in [0.1, 0.15) is 17.1 Å². The van der Waals surface area contributed by atoms with E-state index in [2.05, 4.69) is 0 Å². The first-order valence-corrected chi connectivity index (χ1v) is 7.90. The van der Waals surface area contributed by atoms with Crippen molar-refractivity contribution < 1.29 is 19.4 Å². The molecule has 0 radical (unpaired) electrons. The zero-order valence-electron chi connectivity index (χ0n) is 13.1. The monoisotopic (exact) mass is 312 g/mol. The van der Waals surface area contributed by atoms with Gasteiger partial charge in [-0.2, -0.15) is 0 Å². The van der Waals surface area contributed by atoms with E-state index in [1.165, 1.54) is 12.8 Å². The van der Waals surface area contributed by atoms with Crippen LogP contribution in [0.4, 0.5) is 0 Å². The lowest BCUT2D eigenvalue weighted by Crippen LogP contribution is -2.03. The van der Waals surface area contributed by atoms with Crippen molar-refractivity contribution in [2.75, 3.05) is 13.2 Å². The molecule has 1 aliphatic rings. The van der Waals surface area contributed by atoms with Gasteiger partial charge in [0.05, 0.1) is 13.2 Å². The highest BCUT2D eigenvalue weighted by atomic mass is 16.5. The van der Waals surface area contributed by atoms with Gasteiger partial charge in [0.25, 0.3) is 0 Å². The van der Waals surface area contributed by atoms with Crippen LogP contribution in [0.3, 0.4) is 0 Å². The Labute approximate surface area is 135 Å². The van der Waals surface area contributed by atoms with E-state index in [-0.39, 0.29) is 5.56 Å². The van der Waals surface area contributed by atoms with E-state index in [4.69, 9.17) is 9.47 Å². The molecule has 0 amide bonds. The lowest BCUT2D eigenvalue weighted by atomic mass is 10.0. The van der Waals surface area contributed by atoms with Crippen LogP contribution >= 0.6 is 0 Å². The number of aromatic carboxylic acids is 1. The summed E-state index contributed by atoms with van der Waals surface area (Å²) in [7, 11) is 0. The summed E-state index contributed by atoms with van der Waals surface area (Å²) >= 11 is 0. The molecular weight excluding hydrogens is 292 g/mol. The molecule has 3 rings (SSSR count). The van der Waals surface area contributed by atoms with Gasteiger partial charge in [-0.25, -0.2) is 4.79 Å². The fraction of sp³-hybridized carbons (Fsp3) is 0.316. The highest BCUT2D eigenvalue weighted by Crippen LogP contribution is 2.32. The number of hydrogen-bond acceptors (Lipinski definition) is 3. The Balaban J connectivity index is 1.86. The van der Waals surface area contributed by atoms with Crippen LogP contribution in [0.15, 0.2) is 42.5 Å². The third-order valence-corrected chi connectivity index (χ3v) is 3.86. The number of benzene rings is 2. The lowest BCUT2D eigenvalue weighted by Gasteiger charge is -2.11. The van der Waals surface area contributed by atoms with Crippen LogP contribution in [-0.2, 0) is 0 Å². The van der Waals surface area contributed by atoms with Gasteiger partial charge in [-0.05, 0) is 61.1 Å². The molecule has 0 atom stereocenters. The minimum Gasteiger partial charge on any atom is -0.493 e. The summed E-state index contributed by atoms with van der Waals surface area (Å²) in [4.78, 5) is 11.4. The molecule has 2 aromatic carbocycles. The number of carboxylic acid groups (broad SMARTS) is 1. The summed E-state index contributed by atoms with van der Waals surface area (Å²) in [5, 5.41) is 9.37. The van der Waals surface area contributed by atoms with Crippen LogP contribution in [0.1, 0.15) is 30.1 Å². The van der Waals surface area contributed by atoms with Gasteiger partial charge in [0, 0.05) is 0 Å². The maximum atomic E-state index is 11.4. The van der Waals surface area contributed by atoms with E-state index in [1.807, 2.05) is 37.3 Å². The van der Waals surface area contributed by atoms with Gasteiger partial charge in [-0.15, -0.1) is 0 Å². The number of rotatable bonds is 7. The third kappa shape index (κ3) is 3.83. The average Bonchev–Trinajstić information content (AvgIpc) is 3.38.